The Bertz CT molecular complexity index is 652. The summed E-state index contributed by atoms with van der Waals surface area (Å²) < 4.78 is 5.52. The van der Waals surface area contributed by atoms with Gasteiger partial charge in [-0.3, -0.25) is 4.79 Å². The topological polar surface area (TPSA) is 64.3 Å². The van der Waals surface area contributed by atoms with Crippen molar-refractivity contribution < 1.29 is 9.53 Å². The highest BCUT2D eigenvalue weighted by Gasteiger charge is 2.13. The van der Waals surface area contributed by atoms with Crippen LogP contribution in [0.2, 0.25) is 0 Å². The highest BCUT2D eigenvalue weighted by atomic mass is 35.5. The molecular weight excluding hydrogens is 336 g/mol. The normalized spacial score (nSPS) is 12.0. The first-order valence-electron chi connectivity index (χ1n) is 8.17. The molecule has 0 bridgehead atoms. The maximum absolute atomic E-state index is 11.9. The minimum Gasteiger partial charge on any atom is -0.484 e. The largest absolute Gasteiger partial charge is 0.484 e. The van der Waals surface area contributed by atoms with E-state index in [1.54, 1.807) is 0 Å². The molecule has 4 nitrogen and oxygen atoms in total. The predicted molar refractivity (Wildman–Crippen MR) is 104 cm³/mol. The molecule has 0 spiro atoms. The van der Waals surface area contributed by atoms with Crippen LogP contribution in [0.3, 0.4) is 0 Å². The van der Waals surface area contributed by atoms with E-state index in [1.165, 1.54) is 5.56 Å². The summed E-state index contributed by atoms with van der Waals surface area (Å²) in [5.74, 6) is 0.506. The van der Waals surface area contributed by atoms with Crippen LogP contribution in [0, 0.1) is 0 Å². The number of amides is 1. The number of hydrogen-bond donors (Lipinski definition) is 2. The molecule has 0 saturated carbocycles. The molecule has 1 unspecified atom stereocenters. The van der Waals surface area contributed by atoms with Gasteiger partial charge in [0.25, 0.3) is 5.91 Å². The third-order valence-electron chi connectivity index (χ3n) is 3.84. The Morgan fingerprint density at radius 2 is 1.68 bits per heavy atom. The van der Waals surface area contributed by atoms with E-state index in [2.05, 4.69) is 26.1 Å². The summed E-state index contributed by atoms with van der Waals surface area (Å²) in [6, 6.07) is 17.3. The average Bonchev–Trinajstić information content (AvgIpc) is 2.58. The number of halogens is 1. The molecule has 2 rings (SSSR count). The first-order chi connectivity index (χ1) is 11.4. The number of nitrogens with two attached hydrogens (primary N) is 1. The molecule has 0 aliphatic heterocycles. The van der Waals surface area contributed by atoms with Crippen molar-refractivity contribution in [2.45, 2.75) is 32.2 Å². The van der Waals surface area contributed by atoms with Crippen LogP contribution in [0.4, 0.5) is 0 Å². The summed E-state index contributed by atoms with van der Waals surface area (Å²) >= 11 is 0. The number of carbonyl (C=O) groups is 1. The second-order valence-electron chi connectivity index (χ2n) is 6.88. The fraction of sp³-hybridized carbons (Fsp3) is 0.350. The fourth-order valence-electron chi connectivity index (χ4n) is 2.29. The van der Waals surface area contributed by atoms with Crippen LogP contribution >= 0.6 is 12.4 Å². The van der Waals surface area contributed by atoms with Crippen LogP contribution in [-0.4, -0.2) is 19.1 Å². The molecule has 136 valence electrons. The van der Waals surface area contributed by atoms with E-state index in [9.17, 15) is 4.79 Å². The van der Waals surface area contributed by atoms with Gasteiger partial charge < -0.3 is 15.8 Å². The summed E-state index contributed by atoms with van der Waals surface area (Å²) in [6.07, 6.45) is 0. The van der Waals surface area contributed by atoms with Crippen LogP contribution in [-0.2, 0) is 10.2 Å². The van der Waals surface area contributed by atoms with E-state index in [1.807, 2.05) is 54.6 Å². The van der Waals surface area contributed by atoms with Gasteiger partial charge in [0.2, 0.25) is 0 Å². The van der Waals surface area contributed by atoms with Crippen molar-refractivity contribution in [2.24, 2.45) is 5.73 Å². The van der Waals surface area contributed by atoms with E-state index in [0.717, 1.165) is 5.56 Å². The van der Waals surface area contributed by atoms with E-state index < -0.39 is 0 Å². The van der Waals surface area contributed by atoms with Gasteiger partial charge in [0.15, 0.2) is 6.61 Å². The van der Waals surface area contributed by atoms with Crippen molar-refractivity contribution in [3.05, 3.63) is 65.7 Å². The third kappa shape index (κ3) is 6.77. The SMILES string of the molecule is CC(C)(C)c1ccc(OCC(=O)NCC(N)c2ccccc2)cc1.Cl. The minimum absolute atomic E-state index is 0. The molecule has 0 radical (unpaired) electrons. The minimum atomic E-state index is -0.221. The second kappa shape index (κ2) is 9.44. The van der Waals surface area contributed by atoms with Gasteiger partial charge >= 0.3 is 0 Å². The van der Waals surface area contributed by atoms with Crippen molar-refractivity contribution in [3.8, 4) is 5.75 Å². The molecule has 0 aliphatic rings. The lowest BCUT2D eigenvalue weighted by molar-refractivity contribution is -0.123. The van der Waals surface area contributed by atoms with Crippen molar-refractivity contribution in [2.75, 3.05) is 13.2 Å². The molecule has 25 heavy (non-hydrogen) atoms. The van der Waals surface area contributed by atoms with Crippen molar-refractivity contribution in [1.29, 1.82) is 0 Å². The molecule has 0 aliphatic carbocycles. The number of ether oxygens (including phenoxy) is 1. The second-order valence-corrected chi connectivity index (χ2v) is 6.88. The van der Waals surface area contributed by atoms with Crippen LogP contribution in [0.15, 0.2) is 54.6 Å². The lowest BCUT2D eigenvalue weighted by atomic mass is 9.87. The van der Waals surface area contributed by atoms with Gasteiger partial charge in [-0.25, -0.2) is 0 Å². The zero-order valence-electron chi connectivity index (χ0n) is 15.0. The lowest BCUT2D eigenvalue weighted by Crippen LogP contribution is -2.35. The Labute approximate surface area is 156 Å². The van der Waals surface area contributed by atoms with Crippen molar-refractivity contribution in [3.63, 3.8) is 0 Å². The summed E-state index contributed by atoms with van der Waals surface area (Å²) in [4.78, 5) is 11.9. The fourth-order valence-corrected chi connectivity index (χ4v) is 2.29. The van der Waals surface area contributed by atoms with Gasteiger partial charge in [0.1, 0.15) is 5.75 Å². The predicted octanol–water partition coefficient (Wildman–Crippen LogP) is 3.60. The Balaban J connectivity index is 0.00000312. The molecule has 2 aromatic carbocycles. The number of nitrogens with one attached hydrogen (secondary N) is 1. The number of carbonyl (C=O) groups excluding carboxylic acids is 1. The van der Waals surface area contributed by atoms with E-state index in [4.69, 9.17) is 10.5 Å². The highest BCUT2D eigenvalue weighted by Crippen LogP contribution is 2.24. The zero-order valence-corrected chi connectivity index (χ0v) is 15.8. The van der Waals surface area contributed by atoms with Gasteiger partial charge in [-0.2, -0.15) is 0 Å². The molecule has 5 heteroatoms. The van der Waals surface area contributed by atoms with E-state index >= 15 is 0 Å². The van der Waals surface area contributed by atoms with Gasteiger partial charge in [-0.1, -0.05) is 63.2 Å². The molecule has 0 fully saturated rings. The smallest absolute Gasteiger partial charge is 0.258 e. The first kappa shape index (κ1) is 21.0. The van der Waals surface area contributed by atoms with Crippen LogP contribution < -0.4 is 15.8 Å². The Morgan fingerprint density at radius 3 is 2.24 bits per heavy atom. The summed E-state index contributed by atoms with van der Waals surface area (Å²) in [5, 5.41) is 2.80. The summed E-state index contributed by atoms with van der Waals surface area (Å²) in [5.41, 5.74) is 8.38. The maximum Gasteiger partial charge on any atom is 0.258 e. The van der Waals surface area contributed by atoms with Crippen LogP contribution in [0.25, 0.3) is 0 Å². The maximum atomic E-state index is 11.9. The molecule has 1 amide bonds. The van der Waals surface area contributed by atoms with Gasteiger partial charge in [0.05, 0.1) is 0 Å². The summed E-state index contributed by atoms with van der Waals surface area (Å²) in [7, 11) is 0. The number of benzene rings is 2. The Morgan fingerprint density at radius 1 is 1.08 bits per heavy atom. The van der Waals surface area contributed by atoms with Crippen molar-refractivity contribution >= 4 is 18.3 Å². The molecule has 2 aromatic rings. The van der Waals surface area contributed by atoms with Crippen LogP contribution in [0.1, 0.15) is 37.9 Å². The van der Waals surface area contributed by atoms with Gasteiger partial charge in [0, 0.05) is 12.6 Å². The molecular formula is C20H27ClN2O2. The number of rotatable bonds is 6. The molecule has 0 saturated heterocycles. The van der Waals surface area contributed by atoms with E-state index in [-0.39, 0.29) is 36.4 Å². The Kier molecular flexibility index (Phi) is 7.94. The third-order valence-corrected chi connectivity index (χ3v) is 3.84. The monoisotopic (exact) mass is 362 g/mol. The van der Waals surface area contributed by atoms with Gasteiger partial charge in [-0.15, -0.1) is 12.4 Å². The average molecular weight is 363 g/mol. The quantitative estimate of drug-likeness (QED) is 0.825. The van der Waals surface area contributed by atoms with E-state index in [0.29, 0.717) is 12.3 Å². The van der Waals surface area contributed by atoms with Gasteiger partial charge in [-0.05, 0) is 28.7 Å². The first-order valence-corrected chi connectivity index (χ1v) is 8.17. The van der Waals surface area contributed by atoms with Crippen LogP contribution in [0.5, 0.6) is 5.75 Å². The molecule has 0 aromatic heterocycles. The zero-order chi connectivity index (χ0) is 17.6. The molecule has 3 N–H and O–H groups in total. The molecule has 0 heterocycles. The van der Waals surface area contributed by atoms with Crippen molar-refractivity contribution in [1.82, 2.24) is 5.32 Å². The standard InChI is InChI=1S/C20H26N2O2.ClH/c1-20(2,3)16-9-11-17(12-10-16)24-14-19(23)22-13-18(21)15-7-5-4-6-8-15;/h4-12,18H,13-14,21H2,1-3H3,(H,22,23);1H. The summed E-state index contributed by atoms with van der Waals surface area (Å²) in [6.45, 7) is 6.84. The lowest BCUT2D eigenvalue weighted by Gasteiger charge is -2.19. The highest BCUT2D eigenvalue weighted by molar-refractivity contribution is 5.85. The number of hydrogen-bond acceptors (Lipinski definition) is 3. The Hall–Kier alpha value is -2.04. The molecule has 1 atom stereocenters.